The van der Waals surface area contributed by atoms with E-state index in [2.05, 4.69) is 17.2 Å². The van der Waals surface area contributed by atoms with E-state index in [0.29, 0.717) is 0 Å². The normalized spacial score (nSPS) is 8.00. The summed E-state index contributed by atoms with van der Waals surface area (Å²) in [6.45, 7) is 3.28. The van der Waals surface area contributed by atoms with Crippen LogP contribution in [0.25, 0.3) is 0 Å². The van der Waals surface area contributed by atoms with Crippen molar-refractivity contribution in [3.05, 3.63) is 12.7 Å². The minimum atomic E-state index is -0.905. The summed E-state index contributed by atoms with van der Waals surface area (Å²) in [4.78, 5) is 24.4. The van der Waals surface area contributed by atoms with Crippen molar-refractivity contribution in [2.45, 2.75) is 6.42 Å². The van der Waals surface area contributed by atoms with E-state index >= 15 is 0 Å². The van der Waals surface area contributed by atoms with Crippen molar-refractivity contribution < 1.29 is 14.4 Å². The summed E-state index contributed by atoms with van der Waals surface area (Å²) in [7, 11) is 0. The number of rotatable bonds is 2. The van der Waals surface area contributed by atoms with Gasteiger partial charge < -0.3 is 10.6 Å². The van der Waals surface area contributed by atoms with E-state index in [1.54, 1.807) is 5.48 Å². The van der Waals surface area contributed by atoms with E-state index in [-0.39, 0.29) is 6.42 Å². The van der Waals surface area contributed by atoms with E-state index in [1.165, 1.54) is 6.08 Å². The molecule has 5 heteroatoms. The lowest BCUT2D eigenvalue weighted by molar-refractivity contribution is -0.147. The van der Waals surface area contributed by atoms with Gasteiger partial charge in [-0.25, -0.2) is 9.59 Å². The molecule has 0 bridgehead atoms. The van der Waals surface area contributed by atoms with Crippen molar-refractivity contribution in [1.82, 2.24) is 5.48 Å². The zero-order chi connectivity index (χ0) is 7.98. The van der Waals surface area contributed by atoms with Crippen LogP contribution in [0.15, 0.2) is 12.7 Å². The fourth-order valence-electron chi connectivity index (χ4n) is 0.267. The lowest BCUT2D eigenvalue weighted by Gasteiger charge is -1.98. The van der Waals surface area contributed by atoms with Gasteiger partial charge in [-0.05, 0) is 0 Å². The summed E-state index contributed by atoms with van der Waals surface area (Å²) in [5.74, 6) is -0.603. The zero-order valence-corrected chi connectivity index (χ0v) is 5.29. The summed E-state index contributed by atoms with van der Waals surface area (Å²) in [6, 6.07) is -0.905. The van der Waals surface area contributed by atoms with Crippen molar-refractivity contribution in [3.8, 4) is 0 Å². The highest BCUT2D eigenvalue weighted by Gasteiger charge is 1.99. The molecule has 0 aliphatic carbocycles. The lowest BCUT2D eigenvalue weighted by atomic mass is 10.4. The molecule has 0 fully saturated rings. The highest BCUT2D eigenvalue weighted by atomic mass is 16.7. The molecule has 56 valence electrons. The van der Waals surface area contributed by atoms with Crippen molar-refractivity contribution >= 4 is 12.0 Å². The van der Waals surface area contributed by atoms with Gasteiger partial charge in [-0.15, -0.1) is 6.58 Å². The molecule has 0 saturated carbocycles. The van der Waals surface area contributed by atoms with Gasteiger partial charge in [0.2, 0.25) is 0 Å². The third-order valence-corrected chi connectivity index (χ3v) is 0.576. The van der Waals surface area contributed by atoms with Crippen molar-refractivity contribution in [2.24, 2.45) is 5.73 Å². The Bertz CT molecular complexity index is 155. The number of nitrogens with two attached hydrogens (primary N) is 1. The minimum Gasteiger partial charge on any atom is -0.349 e. The van der Waals surface area contributed by atoms with Crippen LogP contribution in [0, 0.1) is 0 Å². The van der Waals surface area contributed by atoms with E-state index < -0.39 is 12.0 Å². The van der Waals surface area contributed by atoms with Crippen LogP contribution in [0.4, 0.5) is 4.79 Å². The Hall–Kier alpha value is -1.52. The molecule has 0 spiro atoms. The van der Waals surface area contributed by atoms with Crippen molar-refractivity contribution in [1.29, 1.82) is 0 Å². The summed E-state index contributed by atoms with van der Waals surface area (Å²) in [5, 5.41) is 0. The molecule has 0 atom stereocenters. The fourth-order valence-corrected chi connectivity index (χ4v) is 0.267. The van der Waals surface area contributed by atoms with E-state index in [4.69, 9.17) is 0 Å². The molecule has 2 amide bonds. The van der Waals surface area contributed by atoms with Crippen LogP contribution < -0.4 is 11.2 Å². The highest BCUT2D eigenvalue weighted by molar-refractivity contribution is 5.75. The first-order chi connectivity index (χ1) is 4.66. The first kappa shape index (κ1) is 8.48. The largest absolute Gasteiger partial charge is 0.349 e. The number of nitrogens with one attached hydrogen (secondary N) is 1. The van der Waals surface area contributed by atoms with Crippen LogP contribution in [0.3, 0.4) is 0 Å². The van der Waals surface area contributed by atoms with Gasteiger partial charge in [0.1, 0.15) is 0 Å². The molecule has 0 heterocycles. The van der Waals surface area contributed by atoms with E-state index in [0.717, 1.165) is 0 Å². The van der Waals surface area contributed by atoms with Gasteiger partial charge in [0.25, 0.3) is 0 Å². The molecule has 3 N–H and O–H groups in total. The standard InChI is InChI=1S/C5H8N2O3/c1-2-3-4(8)10-7-5(6)9/h2H,1,3H2,(H3,6,7,9). The maximum absolute atomic E-state index is 10.4. The van der Waals surface area contributed by atoms with Crippen LogP contribution in [0.2, 0.25) is 0 Å². The zero-order valence-electron chi connectivity index (χ0n) is 5.29. The van der Waals surface area contributed by atoms with Crippen LogP contribution in [0.5, 0.6) is 0 Å². The molecule has 5 nitrogen and oxygen atoms in total. The maximum atomic E-state index is 10.4. The molecule has 0 radical (unpaired) electrons. The number of hydrogen-bond donors (Lipinski definition) is 2. The molecule has 0 aliphatic heterocycles. The molecule has 0 aliphatic rings. The Kier molecular flexibility index (Phi) is 3.70. The summed E-state index contributed by atoms with van der Waals surface area (Å²) in [5.41, 5.74) is 6.26. The topological polar surface area (TPSA) is 81.4 Å². The molecular formula is C5H8N2O3. The van der Waals surface area contributed by atoms with Crippen LogP contribution in [-0.2, 0) is 9.63 Å². The smallest absolute Gasteiger partial charge is 0.345 e. The van der Waals surface area contributed by atoms with Gasteiger partial charge in [0, 0.05) is 0 Å². The fraction of sp³-hybridized carbons (Fsp3) is 0.200. The average Bonchev–Trinajstić information content (AvgIpc) is 1.85. The van der Waals surface area contributed by atoms with Gasteiger partial charge in [-0.2, -0.15) is 5.48 Å². The third-order valence-electron chi connectivity index (χ3n) is 0.576. The Labute approximate surface area is 57.8 Å². The minimum absolute atomic E-state index is 0.0419. The Balaban J connectivity index is 3.39. The second-order valence-electron chi connectivity index (χ2n) is 1.43. The van der Waals surface area contributed by atoms with Crippen LogP contribution in [0.1, 0.15) is 6.42 Å². The third kappa shape index (κ3) is 4.63. The molecule has 10 heavy (non-hydrogen) atoms. The summed E-state index contributed by atoms with van der Waals surface area (Å²) in [6.07, 6.45) is 1.39. The monoisotopic (exact) mass is 144 g/mol. The number of urea groups is 1. The molecule has 0 saturated heterocycles. The van der Waals surface area contributed by atoms with Crippen LogP contribution >= 0.6 is 0 Å². The van der Waals surface area contributed by atoms with E-state index in [9.17, 15) is 9.59 Å². The van der Waals surface area contributed by atoms with Crippen molar-refractivity contribution in [3.63, 3.8) is 0 Å². The second kappa shape index (κ2) is 4.37. The van der Waals surface area contributed by atoms with Gasteiger partial charge in [0.15, 0.2) is 0 Å². The van der Waals surface area contributed by atoms with Crippen molar-refractivity contribution in [2.75, 3.05) is 0 Å². The number of carbonyl (C=O) groups is 2. The quantitative estimate of drug-likeness (QED) is 0.412. The first-order valence-corrected chi connectivity index (χ1v) is 2.53. The second-order valence-corrected chi connectivity index (χ2v) is 1.43. The molecule has 0 aromatic heterocycles. The number of hydroxylamine groups is 1. The average molecular weight is 144 g/mol. The predicted molar refractivity (Wildman–Crippen MR) is 33.6 cm³/mol. The Morgan fingerprint density at radius 3 is 2.70 bits per heavy atom. The first-order valence-electron chi connectivity index (χ1n) is 2.53. The van der Waals surface area contributed by atoms with Gasteiger partial charge in [0.05, 0.1) is 6.42 Å². The molecule has 0 aromatic carbocycles. The number of carbonyl (C=O) groups excluding carboxylic acids is 2. The molecular weight excluding hydrogens is 136 g/mol. The number of primary amides is 1. The Morgan fingerprint density at radius 1 is 1.70 bits per heavy atom. The lowest BCUT2D eigenvalue weighted by Crippen LogP contribution is -2.31. The van der Waals surface area contributed by atoms with Gasteiger partial charge in [-0.1, -0.05) is 6.08 Å². The van der Waals surface area contributed by atoms with Gasteiger partial charge in [-0.3, -0.25) is 0 Å². The maximum Gasteiger partial charge on any atom is 0.345 e. The number of amides is 2. The SMILES string of the molecule is C=CCC(=O)ONC(N)=O. The summed E-state index contributed by atoms with van der Waals surface area (Å²) >= 11 is 0. The van der Waals surface area contributed by atoms with Crippen LogP contribution in [-0.4, -0.2) is 12.0 Å². The van der Waals surface area contributed by atoms with E-state index in [1.807, 2.05) is 0 Å². The molecule has 0 unspecified atom stereocenters. The molecule has 0 aromatic rings. The highest BCUT2D eigenvalue weighted by Crippen LogP contribution is 1.82. The summed E-state index contributed by atoms with van der Waals surface area (Å²) < 4.78 is 0. The predicted octanol–water partition coefficient (Wildman–Crippen LogP) is -0.311. The van der Waals surface area contributed by atoms with Gasteiger partial charge >= 0.3 is 12.0 Å². The number of hydrogen-bond acceptors (Lipinski definition) is 3. The Morgan fingerprint density at radius 2 is 2.30 bits per heavy atom. The molecule has 0 rings (SSSR count).